The molecule has 2 heterocycles. The monoisotopic (exact) mass is 339 g/mol. The maximum absolute atomic E-state index is 13.0. The highest BCUT2D eigenvalue weighted by Crippen LogP contribution is 2.27. The topological polar surface area (TPSA) is 38.8 Å². The van der Waals surface area contributed by atoms with E-state index in [-0.39, 0.29) is 11.7 Å². The fraction of sp³-hybridized carbons (Fsp3) is 0.476. The van der Waals surface area contributed by atoms with Crippen LogP contribution in [0.25, 0.3) is 10.8 Å². The Hall–Kier alpha value is -1.91. The van der Waals surface area contributed by atoms with Crippen LogP contribution in [0, 0.1) is 5.92 Å². The summed E-state index contributed by atoms with van der Waals surface area (Å²) >= 11 is 0. The van der Waals surface area contributed by atoms with Crippen molar-refractivity contribution in [3.8, 4) is 5.75 Å². The van der Waals surface area contributed by atoms with Crippen molar-refractivity contribution in [1.82, 2.24) is 4.90 Å². The summed E-state index contributed by atoms with van der Waals surface area (Å²) < 4.78 is 10.8. The molecular formula is C21H25NO3. The van der Waals surface area contributed by atoms with Crippen LogP contribution in [0.1, 0.15) is 29.6 Å². The number of hydrogen-bond donors (Lipinski definition) is 0. The molecule has 132 valence electrons. The van der Waals surface area contributed by atoms with Crippen molar-refractivity contribution in [3.63, 3.8) is 0 Å². The van der Waals surface area contributed by atoms with Crippen LogP contribution in [-0.4, -0.2) is 50.1 Å². The second-order valence-corrected chi connectivity index (χ2v) is 7.14. The van der Waals surface area contributed by atoms with Crippen molar-refractivity contribution in [3.05, 3.63) is 42.0 Å². The lowest BCUT2D eigenvalue weighted by atomic mass is 9.88. The second kappa shape index (κ2) is 7.14. The SMILES string of the molecule is COc1ccc2cc(C(=O)C3CCCN(C4CCOC4)C3)ccc2c1. The Bertz CT molecular complexity index is 767. The lowest BCUT2D eigenvalue weighted by Crippen LogP contribution is -2.45. The van der Waals surface area contributed by atoms with Gasteiger partial charge in [0.25, 0.3) is 0 Å². The van der Waals surface area contributed by atoms with Crippen LogP contribution in [0.2, 0.25) is 0 Å². The molecule has 0 spiro atoms. The van der Waals surface area contributed by atoms with Crippen LogP contribution < -0.4 is 4.74 Å². The van der Waals surface area contributed by atoms with Gasteiger partial charge in [0.1, 0.15) is 5.75 Å². The zero-order valence-corrected chi connectivity index (χ0v) is 14.7. The molecule has 2 aromatic carbocycles. The van der Waals surface area contributed by atoms with Crippen LogP contribution in [0.3, 0.4) is 0 Å². The molecule has 2 aromatic rings. The molecule has 2 unspecified atom stereocenters. The molecule has 2 aliphatic rings. The first-order valence-corrected chi connectivity index (χ1v) is 9.18. The zero-order valence-electron chi connectivity index (χ0n) is 14.7. The summed E-state index contributed by atoms with van der Waals surface area (Å²) in [5.74, 6) is 1.22. The molecule has 4 heteroatoms. The Labute approximate surface area is 148 Å². The van der Waals surface area contributed by atoms with E-state index in [1.165, 1.54) is 0 Å². The van der Waals surface area contributed by atoms with Crippen molar-refractivity contribution in [2.24, 2.45) is 5.92 Å². The molecule has 0 aromatic heterocycles. The Balaban J connectivity index is 1.52. The lowest BCUT2D eigenvalue weighted by molar-refractivity contribution is 0.0723. The zero-order chi connectivity index (χ0) is 17.2. The van der Waals surface area contributed by atoms with Gasteiger partial charge in [-0.1, -0.05) is 18.2 Å². The average molecular weight is 339 g/mol. The van der Waals surface area contributed by atoms with Crippen LogP contribution in [-0.2, 0) is 4.74 Å². The van der Waals surface area contributed by atoms with Gasteiger partial charge < -0.3 is 9.47 Å². The van der Waals surface area contributed by atoms with E-state index in [9.17, 15) is 4.79 Å². The van der Waals surface area contributed by atoms with Crippen molar-refractivity contribution < 1.29 is 14.3 Å². The first kappa shape index (κ1) is 16.6. The third-order valence-corrected chi connectivity index (χ3v) is 5.58. The predicted molar refractivity (Wildman–Crippen MR) is 98.4 cm³/mol. The van der Waals surface area contributed by atoms with Gasteiger partial charge in [0.05, 0.1) is 13.7 Å². The summed E-state index contributed by atoms with van der Waals surface area (Å²) in [6.45, 7) is 3.63. The number of methoxy groups -OCH3 is 1. The molecule has 2 aliphatic heterocycles. The highest BCUT2D eigenvalue weighted by Gasteiger charge is 2.31. The van der Waals surface area contributed by atoms with Crippen molar-refractivity contribution in [2.75, 3.05) is 33.4 Å². The minimum atomic E-state index is 0.102. The summed E-state index contributed by atoms with van der Waals surface area (Å²) in [5.41, 5.74) is 0.826. The van der Waals surface area contributed by atoms with Gasteiger partial charge in [-0.15, -0.1) is 0 Å². The number of likely N-dealkylation sites (tertiary alicyclic amines) is 1. The normalized spacial score (nSPS) is 24.5. The van der Waals surface area contributed by atoms with E-state index in [4.69, 9.17) is 9.47 Å². The number of piperidine rings is 1. The molecule has 0 bridgehead atoms. The van der Waals surface area contributed by atoms with Gasteiger partial charge in [-0.05, 0) is 54.8 Å². The number of carbonyl (C=O) groups excluding carboxylic acids is 1. The summed E-state index contributed by atoms with van der Waals surface area (Å²) in [6.07, 6.45) is 3.18. The van der Waals surface area contributed by atoms with Gasteiger partial charge in [-0.2, -0.15) is 0 Å². The van der Waals surface area contributed by atoms with Gasteiger partial charge in [0.15, 0.2) is 5.78 Å². The number of ketones is 1. The van der Waals surface area contributed by atoms with Crippen LogP contribution in [0.15, 0.2) is 36.4 Å². The quantitative estimate of drug-likeness (QED) is 0.799. The Kier molecular flexibility index (Phi) is 4.73. The van der Waals surface area contributed by atoms with E-state index >= 15 is 0 Å². The molecule has 4 nitrogen and oxygen atoms in total. The van der Waals surface area contributed by atoms with Gasteiger partial charge in [0.2, 0.25) is 0 Å². The van der Waals surface area contributed by atoms with Gasteiger partial charge in [-0.25, -0.2) is 0 Å². The number of ether oxygens (including phenoxy) is 2. The van der Waals surface area contributed by atoms with Gasteiger partial charge in [0, 0.05) is 30.7 Å². The molecule has 2 saturated heterocycles. The molecule has 2 fully saturated rings. The molecule has 0 aliphatic carbocycles. The third-order valence-electron chi connectivity index (χ3n) is 5.58. The Morgan fingerprint density at radius 3 is 2.80 bits per heavy atom. The standard InChI is InChI=1S/C21H25NO3/c1-24-20-7-6-15-11-17(5-4-16(15)12-20)21(23)18-3-2-9-22(13-18)19-8-10-25-14-19/h4-7,11-12,18-19H,2-3,8-10,13-14H2,1H3. The number of rotatable bonds is 4. The first-order chi connectivity index (χ1) is 12.2. The summed E-state index contributed by atoms with van der Waals surface area (Å²) in [7, 11) is 1.67. The van der Waals surface area contributed by atoms with Gasteiger partial charge >= 0.3 is 0 Å². The maximum atomic E-state index is 13.0. The molecule has 2 atom stereocenters. The molecular weight excluding hydrogens is 314 g/mol. The van der Waals surface area contributed by atoms with Crippen LogP contribution in [0.5, 0.6) is 5.75 Å². The largest absolute Gasteiger partial charge is 0.497 e. The lowest BCUT2D eigenvalue weighted by Gasteiger charge is -2.35. The van der Waals surface area contributed by atoms with Crippen molar-refractivity contribution in [1.29, 1.82) is 0 Å². The summed E-state index contributed by atoms with van der Waals surface area (Å²) in [4.78, 5) is 15.5. The van der Waals surface area contributed by atoms with Crippen molar-refractivity contribution >= 4 is 16.6 Å². The number of fused-ring (bicyclic) bond motifs is 1. The number of nitrogens with zero attached hydrogens (tertiary/aromatic N) is 1. The Morgan fingerprint density at radius 1 is 1.16 bits per heavy atom. The molecule has 25 heavy (non-hydrogen) atoms. The van der Waals surface area contributed by atoms with E-state index in [0.717, 1.165) is 67.7 Å². The van der Waals surface area contributed by atoms with Crippen LogP contribution in [0.4, 0.5) is 0 Å². The molecule has 0 N–H and O–H groups in total. The van der Waals surface area contributed by atoms with E-state index in [2.05, 4.69) is 4.90 Å². The second-order valence-electron chi connectivity index (χ2n) is 7.14. The maximum Gasteiger partial charge on any atom is 0.167 e. The fourth-order valence-corrected chi connectivity index (χ4v) is 4.10. The molecule has 0 saturated carbocycles. The number of carbonyl (C=O) groups is 1. The first-order valence-electron chi connectivity index (χ1n) is 9.18. The van der Waals surface area contributed by atoms with Crippen LogP contribution >= 0.6 is 0 Å². The number of hydrogen-bond acceptors (Lipinski definition) is 4. The highest BCUT2D eigenvalue weighted by molar-refractivity contribution is 6.01. The Morgan fingerprint density at radius 2 is 2.00 bits per heavy atom. The third kappa shape index (κ3) is 3.42. The molecule has 4 rings (SSSR count). The fourth-order valence-electron chi connectivity index (χ4n) is 4.10. The number of Topliss-reactive ketones (excluding diaryl/α,β-unsaturated/α-hetero) is 1. The predicted octanol–water partition coefficient (Wildman–Crippen LogP) is 3.53. The van der Waals surface area contributed by atoms with E-state index < -0.39 is 0 Å². The summed E-state index contributed by atoms with van der Waals surface area (Å²) in [5, 5.41) is 2.19. The molecule has 0 amide bonds. The number of benzene rings is 2. The van der Waals surface area contributed by atoms with E-state index in [0.29, 0.717) is 6.04 Å². The van der Waals surface area contributed by atoms with E-state index in [1.807, 2.05) is 36.4 Å². The smallest absolute Gasteiger partial charge is 0.167 e. The highest BCUT2D eigenvalue weighted by atomic mass is 16.5. The van der Waals surface area contributed by atoms with Gasteiger partial charge in [-0.3, -0.25) is 9.69 Å². The summed E-state index contributed by atoms with van der Waals surface area (Å²) in [6, 6.07) is 12.5. The van der Waals surface area contributed by atoms with Crippen molar-refractivity contribution in [2.45, 2.75) is 25.3 Å². The molecule has 0 radical (unpaired) electrons. The van der Waals surface area contributed by atoms with E-state index in [1.54, 1.807) is 7.11 Å². The average Bonchev–Trinajstić information content (AvgIpc) is 3.21. The minimum Gasteiger partial charge on any atom is -0.497 e. The minimum absolute atomic E-state index is 0.102.